The van der Waals surface area contributed by atoms with E-state index in [9.17, 15) is 14.9 Å². The molecule has 36 heavy (non-hydrogen) atoms. The number of para-hydroxylation sites is 1. The maximum atomic E-state index is 13.6. The van der Waals surface area contributed by atoms with E-state index in [0.717, 1.165) is 37.4 Å². The molecular formula is C28H27N5O2S. The van der Waals surface area contributed by atoms with Gasteiger partial charge in [-0.3, -0.25) is 14.2 Å². The molecule has 4 aromatic rings. The van der Waals surface area contributed by atoms with Crippen LogP contribution in [0.2, 0.25) is 0 Å². The molecule has 0 saturated carbocycles. The number of aryl methyl sites for hydroxylation is 1. The number of nitrogens with zero attached hydrogens (tertiary/aromatic N) is 4. The molecule has 0 atom stereocenters. The number of thiophene rings is 1. The summed E-state index contributed by atoms with van der Waals surface area (Å²) in [5.74, 6) is 0.937. The fourth-order valence-corrected chi connectivity index (χ4v) is 5.48. The molecule has 0 bridgehead atoms. The molecule has 0 spiro atoms. The zero-order valence-corrected chi connectivity index (χ0v) is 20.9. The van der Waals surface area contributed by atoms with Gasteiger partial charge in [-0.05, 0) is 60.5 Å². The molecule has 0 aliphatic carbocycles. The first-order chi connectivity index (χ1) is 17.6. The minimum atomic E-state index is -0.187. The Labute approximate surface area is 213 Å². The predicted octanol–water partition coefficient (Wildman–Crippen LogP) is 5.06. The van der Waals surface area contributed by atoms with E-state index in [0.29, 0.717) is 45.9 Å². The van der Waals surface area contributed by atoms with Crippen molar-refractivity contribution in [3.05, 3.63) is 86.6 Å². The van der Waals surface area contributed by atoms with Gasteiger partial charge < -0.3 is 10.2 Å². The van der Waals surface area contributed by atoms with Crippen LogP contribution >= 0.6 is 11.3 Å². The maximum absolute atomic E-state index is 13.6. The summed E-state index contributed by atoms with van der Waals surface area (Å²) in [6.07, 6.45) is 2.53. The van der Waals surface area contributed by atoms with Crippen molar-refractivity contribution >= 4 is 39.5 Å². The molecule has 3 heterocycles. The molecule has 2 aromatic heterocycles. The number of rotatable bonds is 6. The summed E-state index contributed by atoms with van der Waals surface area (Å²) in [7, 11) is 0. The monoisotopic (exact) mass is 497 g/mol. The van der Waals surface area contributed by atoms with Gasteiger partial charge in [0.25, 0.3) is 11.5 Å². The summed E-state index contributed by atoms with van der Waals surface area (Å²) < 4.78 is 1.82. The van der Waals surface area contributed by atoms with Gasteiger partial charge in [-0.25, -0.2) is 4.98 Å². The fourth-order valence-electron chi connectivity index (χ4n) is 4.86. The number of anilines is 2. The third-order valence-electron chi connectivity index (χ3n) is 6.77. The highest BCUT2D eigenvalue weighted by Gasteiger charge is 2.23. The van der Waals surface area contributed by atoms with Crippen LogP contribution in [-0.4, -0.2) is 28.5 Å². The number of aromatic nitrogens is 2. The highest BCUT2D eigenvalue weighted by Crippen LogP contribution is 2.27. The van der Waals surface area contributed by atoms with Crippen molar-refractivity contribution in [3.63, 3.8) is 0 Å². The second-order valence-corrected chi connectivity index (χ2v) is 9.97. The summed E-state index contributed by atoms with van der Waals surface area (Å²) in [5.41, 5.74) is 2.84. The van der Waals surface area contributed by atoms with E-state index in [-0.39, 0.29) is 11.5 Å². The van der Waals surface area contributed by atoms with Crippen LogP contribution in [0.25, 0.3) is 10.9 Å². The fraction of sp³-hybridized carbons (Fsp3) is 0.286. The third-order valence-corrected chi connectivity index (χ3v) is 7.64. The maximum Gasteiger partial charge on any atom is 0.265 e. The van der Waals surface area contributed by atoms with Gasteiger partial charge in [0.2, 0.25) is 0 Å². The van der Waals surface area contributed by atoms with Crippen molar-refractivity contribution in [2.24, 2.45) is 5.92 Å². The molecule has 2 aromatic carbocycles. The van der Waals surface area contributed by atoms with Gasteiger partial charge in [-0.2, -0.15) is 5.26 Å². The molecule has 1 N–H and O–H groups in total. The van der Waals surface area contributed by atoms with E-state index in [2.05, 4.69) is 16.3 Å². The lowest BCUT2D eigenvalue weighted by molar-refractivity contribution is 0.103. The Morgan fingerprint density at radius 1 is 1.17 bits per heavy atom. The normalized spacial score (nSPS) is 14.1. The lowest BCUT2D eigenvalue weighted by Gasteiger charge is -2.34. The van der Waals surface area contributed by atoms with E-state index in [1.54, 1.807) is 24.3 Å². The number of nitrogens with one attached hydrogen (secondary N) is 1. The van der Waals surface area contributed by atoms with E-state index in [1.807, 2.05) is 47.2 Å². The Bertz CT molecular complexity index is 1490. The van der Waals surface area contributed by atoms with Gasteiger partial charge in [-0.1, -0.05) is 25.1 Å². The lowest BCUT2D eigenvalue weighted by Crippen LogP contribution is -2.37. The van der Waals surface area contributed by atoms with Crippen molar-refractivity contribution < 1.29 is 4.79 Å². The molecule has 0 unspecified atom stereocenters. The molecule has 0 radical (unpaired) electrons. The molecular weight excluding hydrogens is 470 g/mol. The van der Waals surface area contributed by atoms with Gasteiger partial charge in [0.1, 0.15) is 11.9 Å². The van der Waals surface area contributed by atoms with Crippen LogP contribution in [-0.2, 0) is 13.0 Å². The first-order valence-corrected chi connectivity index (χ1v) is 13.1. The number of hydrogen-bond donors (Lipinski definition) is 1. The van der Waals surface area contributed by atoms with Crippen molar-refractivity contribution in [2.75, 3.05) is 23.3 Å². The Hall–Kier alpha value is -3.96. The number of nitriles is 1. The minimum Gasteiger partial charge on any atom is -0.370 e. The smallest absolute Gasteiger partial charge is 0.265 e. The summed E-state index contributed by atoms with van der Waals surface area (Å²) in [6.45, 7) is 4.32. The van der Waals surface area contributed by atoms with Crippen LogP contribution < -0.4 is 15.8 Å². The summed E-state index contributed by atoms with van der Waals surface area (Å²) in [5, 5.41) is 14.7. The molecule has 1 amide bonds. The van der Waals surface area contributed by atoms with Gasteiger partial charge >= 0.3 is 0 Å². The van der Waals surface area contributed by atoms with Crippen molar-refractivity contribution in [1.29, 1.82) is 5.26 Å². The molecule has 1 aliphatic rings. The van der Waals surface area contributed by atoms with Crippen LogP contribution in [0, 0.1) is 17.2 Å². The van der Waals surface area contributed by atoms with Crippen LogP contribution in [0.15, 0.2) is 64.8 Å². The Morgan fingerprint density at radius 3 is 2.69 bits per heavy atom. The lowest BCUT2D eigenvalue weighted by atomic mass is 9.95. The molecule has 182 valence electrons. The van der Waals surface area contributed by atoms with E-state index in [4.69, 9.17) is 4.98 Å². The van der Waals surface area contributed by atoms with Gasteiger partial charge in [0, 0.05) is 31.7 Å². The number of fused-ring (bicyclic) bond motifs is 1. The van der Waals surface area contributed by atoms with Crippen molar-refractivity contribution in [1.82, 2.24) is 9.55 Å². The highest BCUT2D eigenvalue weighted by atomic mass is 32.1. The Morgan fingerprint density at radius 2 is 1.97 bits per heavy atom. The standard InChI is InChI=1S/C28H27N5O2S/c1-2-26-31-23-10-9-21(30-27(34)25-8-5-15-36-25)16-22(23)28(35)33(26)18-19-11-13-32(14-12-19)24-7-4-3-6-20(24)17-29/h3-10,15-16,19H,2,11-14,18H2,1H3,(H,30,34). The number of carbonyl (C=O) groups is 1. The Balaban J connectivity index is 1.36. The number of amides is 1. The first kappa shape index (κ1) is 23.8. The zero-order chi connectivity index (χ0) is 25.1. The molecule has 8 heteroatoms. The second kappa shape index (κ2) is 10.3. The third kappa shape index (κ3) is 4.75. The molecule has 1 fully saturated rings. The van der Waals surface area contributed by atoms with Crippen LogP contribution in [0.3, 0.4) is 0 Å². The van der Waals surface area contributed by atoms with Gasteiger partial charge in [0.05, 0.1) is 27.0 Å². The number of benzene rings is 2. The first-order valence-electron chi connectivity index (χ1n) is 12.2. The average molecular weight is 498 g/mol. The molecule has 1 aliphatic heterocycles. The van der Waals surface area contributed by atoms with E-state index >= 15 is 0 Å². The van der Waals surface area contributed by atoms with Crippen LogP contribution in [0.5, 0.6) is 0 Å². The van der Waals surface area contributed by atoms with Gasteiger partial charge in [0.15, 0.2) is 0 Å². The highest BCUT2D eigenvalue weighted by molar-refractivity contribution is 7.12. The van der Waals surface area contributed by atoms with Gasteiger partial charge in [-0.15, -0.1) is 11.3 Å². The van der Waals surface area contributed by atoms with Crippen molar-refractivity contribution in [2.45, 2.75) is 32.7 Å². The topological polar surface area (TPSA) is 91.0 Å². The van der Waals surface area contributed by atoms with E-state index in [1.165, 1.54) is 11.3 Å². The number of hydrogen-bond acceptors (Lipinski definition) is 6. The average Bonchev–Trinajstić information content (AvgIpc) is 3.46. The summed E-state index contributed by atoms with van der Waals surface area (Å²) in [4.78, 5) is 33.7. The summed E-state index contributed by atoms with van der Waals surface area (Å²) >= 11 is 1.37. The predicted molar refractivity (Wildman–Crippen MR) is 144 cm³/mol. The largest absolute Gasteiger partial charge is 0.370 e. The second-order valence-electron chi connectivity index (χ2n) is 9.02. The minimum absolute atomic E-state index is 0.0682. The molecule has 7 nitrogen and oxygen atoms in total. The number of carbonyl (C=O) groups excluding carboxylic acids is 1. The Kier molecular flexibility index (Phi) is 6.83. The zero-order valence-electron chi connectivity index (χ0n) is 20.1. The quantitative estimate of drug-likeness (QED) is 0.402. The summed E-state index contributed by atoms with van der Waals surface area (Å²) in [6, 6.07) is 18.9. The molecule has 5 rings (SSSR count). The molecule has 1 saturated heterocycles. The van der Waals surface area contributed by atoms with Crippen molar-refractivity contribution in [3.8, 4) is 6.07 Å². The van der Waals surface area contributed by atoms with E-state index < -0.39 is 0 Å². The van der Waals surface area contributed by atoms with Crippen LogP contribution in [0.4, 0.5) is 11.4 Å². The van der Waals surface area contributed by atoms with Crippen LogP contribution in [0.1, 0.15) is 40.8 Å². The SMILES string of the molecule is CCc1nc2ccc(NC(=O)c3cccs3)cc2c(=O)n1CC1CCN(c2ccccc2C#N)CC1. The number of piperidine rings is 1.